The van der Waals surface area contributed by atoms with Gasteiger partial charge in [0.25, 0.3) is 0 Å². The van der Waals surface area contributed by atoms with Crippen molar-refractivity contribution in [3.05, 3.63) is 157 Å². The van der Waals surface area contributed by atoms with E-state index < -0.39 is 0 Å². The molecule has 0 spiro atoms. The second-order valence-electron chi connectivity index (χ2n) is 14.0. The Kier molecular flexibility index (Phi) is 9.44. The summed E-state index contributed by atoms with van der Waals surface area (Å²) in [7, 11) is 0. The second-order valence-corrected chi connectivity index (χ2v) is 14.0. The molecule has 5 aromatic carbocycles. The number of nitrogens with zero attached hydrogens (tertiary/aromatic N) is 2. The molecule has 0 amide bonds. The summed E-state index contributed by atoms with van der Waals surface area (Å²) in [6, 6.07) is 48.2. The molecule has 3 aromatic heterocycles. The van der Waals surface area contributed by atoms with Gasteiger partial charge in [0.1, 0.15) is 11.2 Å². The molecule has 5 heteroatoms. The van der Waals surface area contributed by atoms with Gasteiger partial charge in [0.05, 0.1) is 0 Å². The van der Waals surface area contributed by atoms with Crippen LogP contribution in [0.5, 0.6) is 0 Å². The van der Waals surface area contributed by atoms with Crippen LogP contribution in [0.3, 0.4) is 0 Å². The number of rotatable bonds is 3. The predicted molar refractivity (Wildman–Crippen MR) is 206 cm³/mol. The minimum absolute atomic E-state index is 0. The van der Waals surface area contributed by atoms with Crippen molar-refractivity contribution in [2.45, 2.75) is 34.1 Å². The summed E-state index contributed by atoms with van der Waals surface area (Å²) in [5, 5.41) is 6.00. The first-order chi connectivity index (χ1) is 24.3. The number of fused-ring (bicyclic) bond motifs is 9. The molecular weight excluding hydrogens is 803 g/mol. The zero-order valence-electron chi connectivity index (χ0n) is 29.0. The summed E-state index contributed by atoms with van der Waals surface area (Å²) in [6.07, 6.45) is 4.71. The summed E-state index contributed by atoms with van der Waals surface area (Å²) in [4.78, 5) is 8.93. The first-order valence-electron chi connectivity index (χ1n) is 17.0. The molecule has 0 saturated heterocycles. The van der Waals surface area contributed by atoms with Gasteiger partial charge in [-0.3, -0.25) is 0 Å². The average Bonchev–Trinajstić information content (AvgIpc) is 3.49. The van der Waals surface area contributed by atoms with Crippen LogP contribution in [0.25, 0.3) is 66.7 Å². The molecule has 1 aliphatic heterocycles. The maximum atomic E-state index is 6.24. The molecule has 4 nitrogen and oxygen atoms in total. The molecule has 2 bridgehead atoms. The predicted octanol–water partition coefficient (Wildman–Crippen LogP) is 12.3. The zero-order valence-corrected chi connectivity index (χ0v) is 31.4. The number of benzene rings is 5. The van der Waals surface area contributed by atoms with Gasteiger partial charge < -0.3 is 19.7 Å². The molecule has 253 valence electrons. The van der Waals surface area contributed by atoms with Crippen molar-refractivity contribution in [3.63, 3.8) is 0 Å². The monoisotopic (exact) mass is 840 g/mol. The van der Waals surface area contributed by atoms with Gasteiger partial charge in [-0.25, -0.2) is 0 Å². The molecule has 0 fully saturated rings. The SMILES string of the molecule is Cc1c2cccc1-c1cc3oc4ccccc4c3cc1Nc1c[c-]c(-c3cc(CC(C)(C)C)ccn3)cc1-2.[Ir].[c-]1ccccc1-c1ccccn1. The number of aromatic nitrogens is 2. The van der Waals surface area contributed by atoms with E-state index in [4.69, 9.17) is 9.40 Å². The molecule has 1 aliphatic rings. The molecule has 8 aromatic rings. The Morgan fingerprint density at radius 1 is 0.627 bits per heavy atom. The molecule has 51 heavy (non-hydrogen) atoms. The average molecular weight is 840 g/mol. The largest absolute Gasteiger partial charge is 0.456 e. The van der Waals surface area contributed by atoms with E-state index in [1.807, 2.05) is 60.8 Å². The van der Waals surface area contributed by atoms with E-state index in [2.05, 4.69) is 117 Å². The van der Waals surface area contributed by atoms with Crippen molar-refractivity contribution in [2.24, 2.45) is 5.41 Å². The normalized spacial score (nSPS) is 11.6. The quantitative estimate of drug-likeness (QED) is 0.180. The third-order valence-corrected chi connectivity index (χ3v) is 9.14. The third-order valence-electron chi connectivity index (χ3n) is 9.14. The Balaban J connectivity index is 0.000000265. The minimum atomic E-state index is 0. The fraction of sp³-hybridized carbons (Fsp3) is 0.130. The molecule has 1 N–H and O–H groups in total. The number of anilines is 2. The van der Waals surface area contributed by atoms with E-state index >= 15 is 0 Å². The molecule has 0 saturated carbocycles. The van der Waals surface area contributed by atoms with Crippen molar-refractivity contribution in [1.82, 2.24) is 9.97 Å². The number of hydrogen-bond acceptors (Lipinski definition) is 4. The first-order valence-corrected chi connectivity index (χ1v) is 17.0. The van der Waals surface area contributed by atoms with E-state index in [0.29, 0.717) is 0 Å². The smallest absolute Gasteiger partial charge is 0.136 e. The van der Waals surface area contributed by atoms with Crippen LogP contribution in [0.1, 0.15) is 31.9 Å². The van der Waals surface area contributed by atoms with Gasteiger partial charge in [-0.1, -0.05) is 86.5 Å². The maximum Gasteiger partial charge on any atom is 0.136 e. The Labute approximate surface area is 313 Å². The van der Waals surface area contributed by atoms with Crippen LogP contribution in [-0.2, 0) is 26.5 Å². The number of nitrogens with one attached hydrogen (secondary N) is 1. The van der Waals surface area contributed by atoms with Gasteiger partial charge in [-0.05, 0) is 82.9 Å². The summed E-state index contributed by atoms with van der Waals surface area (Å²) >= 11 is 0. The van der Waals surface area contributed by atoms with Crippen molar-refractivity contribution < 1.29 is 24.5 Å². The summed E-state index contributed by atoms with van der Waals surface area (Å²) < 4.78 is 6.24. The van der Waals surface area contributed by atoms with Gasteiger partial charge >= 0.3 is 0 Å². The molecular formula is C46H37IrN3O-2. The van der Waals surface area contributed by atoms with E-state index in [1.54, 1.807) is 6.20 Å². The topological polar surface area (TPSA) is 51.0 Å². The second kappa shape index (κ2) is 14.1. The van der Waals surface area contributed by atoms with E-state index in [0.717, 1.165) is 73.4 Å². The van der Waals surface area contributed by atoms with Gasteiger partial charge in [-0.2, -0.15) is 0 Å². The Morgan fingerprint density at radius 2 is 1.39 bits per heavy atom. The molecule has 0 unspecified atom stereocenters. The number of para-hydroxylation sites is 1. The molecule has 1 radical (unpaired) electrons. The number of pyridine rings is 2. The fourth-order valence-corrected chi connectivity index (χ4v) is 6.85. The van der Waals surface area contributed by atoms with E-state index in [9.17, 15) is 0 Å². The Bertz CT molecular complexity index is 2440. The van der Waals surface area contributed by atoms with Crippen LogP contribution in [0.15, 0.2) is 138 Å². The Hall–Kier alpha value is -5.35. The van der Waals surface area contributed by atoms with Crippen LogP contribution < -0.4 is 5.32 Å². The summed E-state index contributed by atoms with van der Waals surface area (Å²) in [5.74, 6) is 0. The summed E-state index contributed by atoms with van der Waals surface area (Å²) in [5.41, 5.74) is 15.4. The summed E-state index contributed by atoms with van der Waals surface area (Å²) in [6.45, 7) is 9.02. The van der Waals surface area contributed by atoms with Crippen molar-refractivity contribution in [2.75, 3.05) is 5.32 Å². The third kappa shape index (κ3) is 7.01. The van der Waals surface area contributed by atoms with Crippen molar-refractivity contribution in [3.8, 4) is 44.8 Å². The molecule has 0 atom stereocenters. The van der Waals surface area contributed by atoms with Gasteiger partial charge in [0.15, 0.2) is 0 Å². The van der Waals surface area contributed by atoms with Gasteiger partial charge in [-0.15, -0.1) is 59.7 Å². The van der Waals surface area contributed by atoms with Crippen molar-refractivity contribution >= 4 is 33.3 Å². The van der Waals surface area contributed by atoms with Crippen LogP contribution in [0.2, 0.25) is 0 Å². The van der Waals surface area contributed by atoms with Gasteiger partial charge in [0, 0.05) is 54.5 Å². The standard InChI is InChI=1S/C35H29N2O.C11H8N.Ir/c1-21-24-9-7-10-25(21)28-19-34-29(26-8-5-6-11-33(26)38-34)18-32(28)37-30-13-12-23(17-27(24)30)31-16-22(14-15-36-31)20-35(2,3)4;1-2-6-10(7-3-1)11-8-4-5-9-12-11;/h5-11,13-19,37H,20H2,1-4H3;1-6,8-9H;/q2*-1;. The first kappa shape index (κ1) is 34.1. The van der Waals surface area contributed by atoms with Crippen LogP contribution in [-0.4, -0.2) is 9.97 Å². The molecule has 0 aliphatic carbocycles. The fourth-order valence-electron chi connectivity index (χ4n) is 6.85. The van der Waals surface area contributed by atoms with E-state index in [1.165, 1.54) is 22.3 Å². The molecule has 4 heterocycles. The number of furan rings is 1. The maximum absolute atomic E-state index is 6.24. The van der Waals surface area contributed by atoms with Crippen LogP contribution >= 0.6 is 0 Å². The van der Waals surface area contributed by atoms with Gasteiger partial charge in [0.2, 0.25) is 0 Å². The Morgan fingerprint density at radius 3 is 2.16 bits per heavy atom. The zero-order chi connectivity index (χ0) is 34.2. The van der Waals surface area contributed by atoms with Crippen LogP contribution in [0, 0.1) is 24.5 Å². The van der Waals surface area contributed by atoms with Crippen LogP contribution in [0.4, 0.5) is 11.4 Å². The molecule has 9 rings (SSSR count). The number of hydrogen-bond donors (Lipinski definition) is 1. The van der Waals surface area contributed by atoms with Crippen molar-refractivity contribution in [1.29, 1.82) is 0 Å². The van der Waals surface area contributed by atoms with E-state index in [-0.39, 0.29) is 25.5 Å². The minimum Gasteiger partial charge on any atom is -0.456 e.